The van der Waals surface area contributed by atoms with E-state index in [2.05, 4.69) is 5.10 Å². The standard InChI is InChI=1S/C9H16N2O/c1-2-9(12)5-3-7-11-8-4-6-10-11/h4,6,8-9,12H,2-3,5,7H2,1H3. The van der Waals surface area contributed by atoms with E-state index in [1.165, 1.54) is 0 Å². The molecule has 0 aliphatic rings. The third-order valence-corrected chi connectivity index (χ3v) is 1.96. The lowest BCUT2D eigenvalue weighted by atomic mass is 10.1. The van der Waals surface area contributed by atoms with Gasteiger partial charge in [-0.15, -0.1) is 0 Å². The van der Waals surface area contributed by atoms with Crippen LogP contribution in [0.2, 0.25) is 0 Å². The van der Waals surface area contributed by atoms with Crippen LogP contribution in [0.5, 0.6) is 0 Å². The van der Waals surface area contributed by atoms with Crippen molar-refractivity contribution in [3.05, 3.63) is 18.5 Å². The van der Waals surface area contributed by atoms with Crippen molar-refractivity contribution in [3.8, 4) is 0 Å². The maximum Gasteiger partial charge on any atom is 0.0538 e. The molecule has 12 heavy (non-hydrogen) atoms. The molecule has 0 aliphatic carbocycles. The number of hydrogen-bond acceptors (Lipinski definition) is 2. The lowest BCUT2D eigenvalue weighted by Gasteiger charge is -2.06. The third-order valence-electron chi connectivity index (χ3n) is 1.96. The van der Waals surface area contributed by atoms with Gasteiger partial charge in [0, 0.05) is 18.9 Å². The van der Waals surface area contributed by atoms with Gasteiger partial charge in [-0.3, -0.25) is 4.68 Å². The van der Waals surface area contributed by atoms with E-state index in [1.807, 2.05) is 23.9 Å². The Balaban J connectivity index is 2.11. The van der Waals surface area contributed by atoms with E-state index in [0.717, 1.165) is 25.8 Å². The Morgan fingerprint density at radius 3 is 3.00 bits per heavy atom. The highest BCUT2D eigenvalue weighted by atomic mass is 16.3. The van der Waals surface area contributed by atoms with Crippen LogP contribution in [0.25, 0.3) is 0 Å². The predicted molar refractivity (Wildman–Crippen MR) is 47.8 cm³/mol. The van der Waals surface area contributed by atoms with E-state index in [1.54, 1.807) is 6.20 Å². The van der Waals surface area contributed by atoms with Gasteiger partial charge in [-0.05, 0) is 25.3 Å². The van der Waals surface area contributed by atoms with E-state index in [-0.39, 0.29) is 6.10 Å². The monoisotopic (exact) mass is 168 g/mol. The highest BCUT2D eigenvalue weighted by Crippen LogP contribution is 2.02. The predicted octanol–water partition coefficient (Wildman–Crippen LogP) is 1.43. The van der Waals surface area contributed by atoms with Crippen molar-refractivity contribution in [2.45, 2.75) is 38.8 Å². The van der Waals surface area contributed by atoms with Gasteiger partial charge in [0.25, 0.3) is 0 Å². The Kier molecular flexibility index (Phi) is 3.80. The number of aromatic nitrogens is 2. The van der Waals surface area contributed by atoms with Gasteiger partial charge in [0.05, 0.1) is 6.10 Å². The number of aliphatic hydroxyl groups is 1. The second-order valence-electron chi connectivity index (χ2n) is 2.97. The molecule has 0 bridgehead atoms. The minimum absolute atomic E-state index is 0.138. The molecule has 0 fully saturated rings. The summed E-state index contributed by atoms with van der Waals surface area (Å²) in [4.78, 5) is 0. The topological polar surface area (TPSA) is 38.0 Å². The number of aryl methyl sites for hydroxylation is 1. The molecule has 3 heteroatoms. The fourth-order valence-electron chi connectivity index (χ4n) is 1.13. The normalized spacial score (nSPS) is 13.2. The summed E-state index contributed by atoms with van der Waals surface area (Å²) in [6, 6.07) is 1.91. The van der Waals surface area contributed by atoms with Crippen LogP contribution in [0.1, 0.15) is 26.2 Å². The quantitative estimate of drug-likeness (QED) is 0.722. The molecule has 3 nitrogen and oxygen atoms in total. The molecule has 1 aromatic heterocycles. The van der Waals surface area contributed by atoms with Gasteiger partial charge in [-0.25, -0.2) is 0 Å². The molecule has 1 N–H and O–H groups in total. The molecule has 1 heterocycles. The molecule has 0 aromatic carbocycles. The molecule has 1 unspecified atom stereocenters. The first kappa shape index (κ1) is 9.26. The summed E-state index contributed by atoms with van der Waals surface area (Å²) in [6.45, 7) is 2.91. The lowest BCUT2D eigenvalue weighted by Crippen LogP contribution is -2.06. The zero-order chi connectivity index (χ0) is 8.81. The minimum Gasteiger partial charge on any atom is -0.393 e. The summed E-state index contributed by atoms with van der Waals surface area (Å²) in [5.41, 5.74) is 0. The first-order valence-electron chi connectivity index (χ1n) is 4.48. The highest BCUT2D eigenvalue weighted by Gasteiger charge is 1.99. The Morgan fingerprint density at radius 1 is 1.58 bits per heavy atom. The summed E-state index contributed by atoms with van der Waals surface area (Å²) >= 11 is 0. The van der Waals surface area contributed by atoms with Crippen molar-refractivity contribution in [1.82, 2.24) is 9.78 Å². The molecular weight excluding hydrogens is 152 g/mol. The van der Waals surface area contributed by atoms with Crippen molar-refractivity contribution in [1.29, 1.82) is 0 Å². The number of hydrogen-bond donors (Lipinski definition) is 1. The van der Waals surface area contributed by atoms with Crippen molar-refractivity contribution >= 4 is 0 Å². The van der Waals surface area contributed by atoms with Crippen molar-refractivity contribution in [2.75, 3.05) is 0 Å². The van der Waals surface area contributed by atoms with Crippen molar-refractivity contribution in [3.63, 3.8) is 0 Å². The summed E-state index contributed by atoms with van der Waals surface area (Å²) in [5.74, 6) is 0. The van der Waals surface area contributed by atoms with Gasteiger partial charge < -0.3 is 5.11 Å². The molecule has 1 aromatic rings. The van der Waals surface area contributed by atoms with Gasteiger partial charge >= 0.3 is 0 Å². The molecule has 68 valence electrons. The summed E-state index contributed by atoms with van der Waals surface area (Å²) in [5, 5.41) is 13.3. The third kappa shape index (κ3) is 3.05. The van der Waals surface area contributed by atoms with Crippen LogP contribution in [0.3, 0.4) is 0 Å². The average molecular weight is 168 g/mol. The first-order chi connectivity index (χ1) is 5.83. The second-order valence-corrected chi connectivity index (χ2v) is 2.97. The zero-order valence-corrected chi connectivity index (χ0v) is 7.48. The van der Waals surface area contributed by atoms with Crippen molar-refractivity contribution in [2.24, 2.45) is 0 Å². The Bertz CT molecular complexity index is 196. The molecule has 0 saturated heterocycles. The minimum atomic E-state index is -0.138. The Morgan fingerprint density at radius 2 is 2.42 bits per heavy atom. The van der Waals surface area contributed by atoms with Crippen LogP contribution in [0, 0.1) is 0 Å². The van der Waals surface area contributed by atoms with Crippen LogP contribution in [-0.2, 0) is 6.54 Å². The van der Waals surface area contributed by atoms with Crippen molar-refractivity contribution < 1.29 is 5.11 Å². The highest BCUT2D eigenvalue weighted by molar-refractivity contribution is 4.77. The average Bonchev–Trinajstić information content (AvgIpc) is 2.57. The molecule has 1 atom stereocenters. The summed E-state index contributed by atoms with van der Waals surface area (Å²) in [7, 11) is 0. The second kappa shape index (κ2) is 4.93. The van der Waals surface area contributed by atoms with E-state index in [4.69, 9.17) is 0 Å². The van der Waals surface area contributed by atoms with Crippen LogP contribution in [0.15, 0.2) is 18.5 Å². The van der Waals surface area contributed by atoms with Gasteiger partial charge in [-0.2, -0.15) is 5.10 Å². The van der Waals surface area contributed by atoms with Gasteiger partial charge in [-0.1, -0.05) is 6.92 Å². The number of rotatable bonds is 5. The van der Waals surface area contributed by atoms with E-state index < -0.39 is 0 Å². The molecular formula is C9H16N2O. The zero-order valence-electron chi connectivity index (χ0n) is 7.48. The SMILES string of the molecule is CCC(O)CCCn1cccn1. The first-order valence-corrected chi connectivity index (χ1v) is 4.48. The van der Waals surface area contributed by atoms with E-state index in [9.17, 15) is 5.11 Å². The molecule has 0 radical (unpaired) electrons. The van der Waals surface area contributed by atoms with Gasteiger partial charge in [0.1, 0.15) is 0 Å². The van der Waals surface area contributed by atoms with E-state index in [0.29, 0.717) is 0 Å². The van der Waals surface area contributed by atoms with Crippen LogP contribution in [0.4, 0.5) is 0 Å². The fraction of sp³-hybridized carbons (Fsp3) is 0.667. The van der Waals surface area contributed by atoms with Gasteiger partial charge in [0.2, 0.25) is 0 Å². The largest absolute Gasteiger partial charge is 0.393 e. The molecule has 0 saturated carbocycles. The van der Waals surface area contributed by atoms with Gasteiger partial charge in [0.15, 0.2) is 0 Å². The number of nitrogens with zero attached hydrogens (tertiary/aromatic N) is 2. The number of aliphatic hydroxyl groups excluding tert-OH is 1. The Labute approximate surface area is 73.0 Å². The summed E-state index contributed by atoms with van der Waals surface area (Å²) < 4.78 is 1.89. The molecule has 0 amide bonds. The maximum atomic E-state index is 9.26. The van der Waals surface area contributed by atoms with E-state index >= 15 is 0 Å². The maximum absolute atomic E-state index is 9.26. The van der Waals surface area contributed by atoms with Crippen LogP contribution >= 0.6 is 0 Å². The molecule has 1 rings (SSSR count). The van der Waals surface area contributed by atoms with Crippen LogP contribution < -0.4 is 0 Å². The molecule has 0 spiro atoms. The lowest BCUT2D eigenvalue weighted by molar-refractivity contribution is 0.155. The Hall–Kier alpha value is -0.830. The van der Waals surface area contributed by atoms with Crippen LogP contribution in [-0.4, -0.2) is 21.0 Å². The fourth-order valence-corrected chi connectivity index (χ4v) is 1.13. The molecule has 0 aliphatic heterocycles. The summed E-state index contributed by atoms with van der Waals surface area (Å²) in [6.07, 6.45) is 6.29. The smallest absolute Gasteiger partial charge is 0.0538 e.